The molecular weight excluding hydrogens is 325 g/mol. The Morgan fingerprint density at radius 2 is 1.84 bits per heavy atom. The number of carbonyl (C=O) groups is 1. The Hall–Kier alpha value is -3.02. The molecule has 0 saturated carbocycles. The Bertz CT molecular complexity index is 910. The number of methoxy groups -OCH3 is 2. The van der Waals surface area contributed by atoms with Gasteiger partial charge in [0.2, 0.25) is 0 Å². The average Bonchev–Trinajstić information content (AvgIpc) is 2.97. The molecule has 0 unspecified atom stereocenters. The summed E-state index contributed by atoms with van der Waals surface area (Å²) >= 11 is 0. The molecule has 1 aromatic heterocycles. The Morgan fingerprint density at radius 3 is 2.44 bits per heavy atom. The van der Waals surface area contributed by atoms with E-state index in [9.17, 15) is 9.18 Å². The van der Waals surface area contributed by atoms with E-state index >= 15 is 0 Å². The van der Waals surface area contributed by atoms with Crippen LogP contribution in [0.5, 0.6) is 11.5 Å². The van der Waals surface area contributed by atoms with Crippen LogP contribution in [-0.2, 0) is 6.54 Å². The number of ether oxygens (including phenoxy) is 2. The molecule has 0 saturated heterocycles. The molecule has 0 radical (unpaired) electrons. The van der Waals surface area contributed by atoms with Crippen LogP contribution in [0.1, 0.15) is 21.7 Å². The first-order chi connectivity index (χ1) is 12.0. The minimum Gasteiger partial charge on any atom is -0.497 e. The van der Waals surface area contributed by atoms with Gasteiger partial charge in [0.15, 0.2) is 17.2 Å². The highest BCUT2D eigenvalue weighted by Gasteiger charge is 2.19. The summed E-state index contributed by atoms with van der Waals surface area (Å²) in [7, 11) is 3.12. The fraction of sp³-hybridized carbons (Fsp3) is 0.211. The third-order valence-corrected chi connectivity index (χ3v) is 3.99. The lowest BCUT2D eigenvalue weighted by molar-refractivity contribution is 0.0924. The summed E-state index contributed by atoms with van der Waals surface area (Å²) in [6.07, 6.45) is 0. The number of halogens is 1. The number of para-hydroxylation sites is 1. The lowest BCUT2D eigenvalue weighted by atomic mass is 10.1. The number of rotatable bonds is 5. The van der Waals surface area contributed by atoms with Crippen molar-refractivity contribution in [2.24, 2.45) is 0 Å². The summed E-state index contributed by atoms with van der Waals surface area (Å²) in [5.41, 5.74) is 1.51. The minimum absolute atomic E-state index is 0.0909. The molecule has 1 N–H and O–H groups in total. The Morgan fingerprint density at radius 1 is 1.16 bits per heavy atom. The smallest absolute Gasteiger partial charge is 0.287 e. The molecule has 3 rings (SSSR count). The van der Waals surface area contributed by atoms with Gasteiger partial charge in [-0.1, -0.05) is 12.1 Å². The molecule has 6 heteroatoms. The fourth-order valence-corrected chi connectivity index (χ4v) is 2.66. The van der Waals surface area contributed by atoms with Crippen molar-refractivity contribution in [1.82, 2.24) is 5.32 Å². The van der Waals surface area contributed by atoms with Crippen LogP contribution in [0.25, 0.3) is 11.0 Å². The van der Waals surface area contributed by atoms with E-state index in [2.05, 4.69) is 5.32 Å². The number of benzene rings is 2. The predicted molar refractivity (Wildman–Crippen MR) is 91.6 cm³/mol. The zero-order valence-electron chi connectivity index (χ0n) is 14.2. The van der Waals surface area contributed by atoms with E-state index in [0.717, 1.165) is 5.56 Å². The molecule has 0 aliphatic rings. The molecule has 3 aromatic rings. The lowest BCUT2D eigenvalue weighted by Gasteiger charge is -2.09. The van der Waals surface area contributed by atoms with Gasteiger partial charge in [-0.15, -0.1) is 0 Å². The van der Waals surface area contributed by atoms with Gasteiger partial charge in [-0.25, -0.2) is 4.39 Å². The molecule has 2 aromatic carbocycles. The van der Waals surface area contributed by atoms with Crippen LogP contribution in [-0.4, -0.2) is 20.1 Å². The second kappa shape index (κ2) is 6.84. The third-order valence-electron chi connectivity index (χ3n) is 3.99. The summed E-state index contributed by atoms with van der Waals surface area (Å²) < 4.78 is 29.7. The van der Waals surface area contributed by atoms with Crippen LogP contribution in [0.15, 0.2) is 40.8 Å². The third kappa shape index (κ3) is 3.28. The van der Waals surface area contributed by atoms with Crippen molar-refractivity contribution in [3.63, 3.8) is 0 Å². The summed E-state index contributed by atoms with van der Waals surface area (Å²) in [6, 6.07) is 9.96. The number of nitrogens with one attached hydrogen (secondary N) is 1. The van der Waals surface area contributed by atoms with E-state index in [1.807, 2.05) is 0 Å². The molecule has 1 amide bonds. The summed E-state index contributed by atoms with van der Waals surface area (Å²) in [5, 5.41) is 3.36. The van der Waals surface area contributed by atoms with Gasteiger partial charge in [0.05, 0.1) is 14.2 Å². The van der Waals surface area contributed by atoms with Crippen LogP contribution >= 0.6 is 0 Å². The quantitative estimate of drug-likeness (QED) is 0.765. The van der Waals surface area contributed by atoms with E-state index < -0.39 is 11.7 Å². The monoisotopic (exact) mass is 343 g/mol. The highest BCUT2D eigenvalue weighted by atomic mass is 19.1. The van der Waals surface area contributed by atoms with E-state index in [4.69, 9.17) is 13.9 Å². The van der Waals surface area contributed by atoms with Gasteiger partial charge in [-0.3, -0.25) is 4.79 Å². The highest BCUT2D eigenvalue weighted by Crippen LogP contribution is 2.27. The zero-order chi connectivity index (χ0) is 18.0. The van der Waals surface area contributed by atoms with Crippen molar-refractivity contribution in [3.8, 4) is 11.5 Å². The SMILES string of the molecule is COc1cc(CNC(=O)c2oc3c(F)cccc3c2C)cc(OC)c1. The maximum Gasteiger partial charge on any atom is 0.287 e. The molecule has 0 aliphatic heterocycles. The summed E-state index contributed by atoms with van der Waals surface area (Å²) in [6.45, 7) is 1.99. The van der Waals surface area contributed by atoms with Crippen LogP contribution in [0.4, 0.5) is 4.39 Å². The fourth-order valence-electron chi connectivity index (χ4n) is 2.66. The normalized spacial score (nSPS) is 10.7. The Balaban J connectivity index is 1.82. The minimum atomic E-state index is -0.489. The Kier molecular flexibility index (Phi) is 4.61. The van der Waals surface area contributed by atoms with Crippen LogP contribution < -0.4 is 14.8 Å². The lowest BCUT2D eigenvalue weighted by Crippen LogP contribution is -2.23. The standard InChI is InChI=1S/C19H18FNO4/c1-11-15-5-4-6-16(20)18(15)25-17(11)19(22)21-10-12-7-13(23-2)9-14(8-12)24-3/h4-9H,10H2,1-3H3,(H,21,22). The first-order valence-electron chi connectivity index (χ1n) is 7.71. The van der Waals surface area contributed by atoms with Crippen LogP contribution in [0, 0.1) is 12.7 Å². The molecule has 130 valence electrons. The summed E-state index contributed by atoms with van der Waals surface area (Å²) in [4.78, 5) is 12.4. The molecule has 0 spiro atoms. The van der Waals surface area contributed by atoms with Gasteiger partial charge >= 0.3 is 0 Å². The molecule has 0 fully saturated rings. The number of hydrogen-bond acceptors (Lipinski definition) is 4. The molecular formula is C19H18FNO4. The Labute approximate surface area is 144 Å². The van der Waals surface area contributed by atoms with Crippen molar-refractivity contribution < 1.29 is 23.1 Å². The maximum absolute atomic E-state index is 13.8. The van der Waals surface area contributed by atoms with Crippen molar-refractivity contribution >= 4 is 16.9 Å². The van der Waals surface area contributed by atoms with Gasteiger partial charge in [0, 0.05) is 23.6 Å². The van der Waals surface area contributed by atoms with Gasteiger partial charge < -0.3 is 19.2 Å². The van der Waals surface area contributed by atoms with E-state index in [-0.39, 0.29) is 17.9 Å². The van der Waals surface area contributed by atoms with Gasteiger partial charge in [0.25, 0.3) is 5.91 Å². The van der Waals surface area contributed by atoms with Crippen molar-refractivity contribution in [2.45, 2.75) is 13.5 Å². The molecule has 0 bridgehead atoms. The zero-order valence-corrected chi connectivity index (χ0v) is 14.2. The molecule has 1 heterocycles. The number of furan rings is 1. The topological polar surface area (TPSA) is 60.7 Å². The first-order valence-corrected chi connectivity index (χ1v) is 7.71. The molecule has 0 aliphatic carbocycles. The molecule has 0 atom stereocenters. The number of hydrogen-bond donors (Lipinski definition) is 1. The van der Waals surface area contributed by atoms with Gasteiger partial charge in [0.1, 0.15) is 11.5 Å². The van der Waals surface area contributed by atoms with Crippen LogP contribution in [0.3, 0.4) is 0 Å². The van der Waals surface area contributed by atoms with Crippen molar-refractivity contribution in [2.75, 3.05) is 14.2 Å². The number of carbonyl (C=O) groups excluding carboxylic acids is 1. The summed E-state index contributed by atoms with van der Waals surface area (Å²) in [5.74, 6) is 0.471. The second-order valence-corrected chi connectivity index (χ2v) is 5.58. The van der Waals surface area contributed by atoms with Gasteiger partial charge in [-0.2, -0.15) is 0 Å². The molecule has 5 nitrogen and oxygen atoms in total. The van der Waals surface area contributed by atoms with E-state index in [0.29, 0.717) is 22.4 Å². The predicted octanol–water partition coefficient (Wildman–Crippen LogP) is 3.83. The van der Waals surface area contributed by atoms with E-state index in [1.54, 1.807) is 51.5 Å². The first kappa shape index (κ1) is 16.8. The van der Waals surface area contributed by atoms with Crippen molar-refractivity contribution in [3.05, 3.63) is 59.1 Å². The number of amides is 1. The number of fused-ring (bicyclic) bond motifs is 1. The van der Waals surface area contributed by atoms with Crippen LogP contribution in [0.2, 0.25) is 0 Å². The average molecular weight is 343 g/mol. The van der Waals surface area contributed by atoms with E-state index in [1.165, 1.54) is 6.07 Å². The largest absolute Gasteiger partial charge is 0.497 e. The highest BCUT2D eigenvalue weighted by molar-refractivity contribution is 5.98. The second-order valence-electron chi connectivity index (χ2n) is 5.58. The number of aryl methyl sites for hydroxylation is 1. The van der Waals surface area contributed by atoms with Crippen molar-refractivity contribution in [1.29, 1.82) is 0 Å². The molecule has 25 heavy (non-hydrogen) atoms. The maximum atomic E-state index is 13.8. The van der Waals surface area contributed by atoms with Gasteiger partial charge in [-0.05, 0) is 30.7 Å².